The number of esters is 1. The summed E-state index contributed by atoms with van der Waals surface area (Å²) in [5, 5.41) is 11.0. The molecule has 6 heteroatoms. The summed E-state index contributed by atoms with van der Waals surface area (Å²) < 4.78 is 5.89. The fourth-order valence-electron chi connectivity index (χ4n) is 5.03. The fourth-order valence-corrected chi connectivity index (χ4v) is 5.03. The van der Waals surface area contributed by atoms with Crippen LogP contribution in [-0.4, -0.2) is 35.6 Å². The van der Waals surface area contributed by atoms with Crippen LogP contribution in [0.25, 0.3) is 0 Å². The molecule has 0 bridgehead atoms. The highest BCUT2D eigenvalue weighted by Crippen LogP contribution is 2.17. The Labute approximate surface area is 299 Å². The first kappa shape index (κ1) is 45.6. The molecule has 6 nitrogen and oxygen atoms in total. The lowest BCUT2D eigenvalue weighted by Gasteiger charge is -2.18. The molecular formula is C43H69NO5. The first-order valence-electron chi connectivity index (χ1n) is 19.2. The van der Waals surface area contributed by atoms with Gasteiger partial charge >= 0.3 is 11.9 Å². The van der Waals surface area contributed by atoms with E-state index in [1.54, 1.807) is 0 Å². The summed E-state index contributed by atoms with van der Waals surface area (Å²) in [7, 11) is 0. The van der Waals surface area contributed by atoms with E-state index in [9.17, 15) is 14.4 Å². The number of ether oxygens (including phenoxy) is 1. The van der Waals surface area contributed by atoms with Crippen molar-refractivity contribution in [2.75, 3.05) is 6.54 Å². The summed E-state index contributed by atoms with van der Waals surface area (Å²) in [6.45, 7) is 4.03. The number of aliphatic carboxylic acids is 1. The highest BCUT2D eigenvalue weighted by Gasteiger charge is 2.14. The number of nitrogens with one attached hydrogen (secondary N) is 1. The molecule has 0 aliphatic carbocycles. The average molecular weight is 680 g/mol. The molecule has 0 aliphatic heterocycles. The van der Waals surface area contributed by atoms with Crippen LogP contribution in [0.4, 0.5) is 0 Å². The second kappa shape index (κ2) is 37.4. The minimum absolute atomic E-state index is 0.0309. The molecule has 1 unspecified atom stereocenters. The van der Waals surface area contributed by atoms with Gasteiger partial charge < -0.3 is 15.2 Å². The van der Waals surface area contributed by atoms with Crippen LogP contribution in [0.3, 0.4) is 0 Å². The van der Waals surface area contributed by atoms with Crippen LogP contribution < -0.4 is 5.32 Å². The maximum atomic E-state index is 12.6. The summed E-state index contributed by atoms with van der Waals surface area (Å²) in [5.74, 6) is -1.35. The van der Waals surface area contributed by atoms with Gasteiger partial charge in [-0.05, 0) is 89.9 Å². The van der Waals surface area contributed by atoms with Crippen molar-refractivity contribution in [1.82, 2.24) is 5.32 Å². The summed E-state index contributed by atoms with van der Waals surface area (Å²) >= 11 is 0. The van der Waals surface area contributed by atoms with Gasteiger partial charge in [0.15, 0.2) is 0 Å². The van der Waals surface area contributed by atoms with Crippen LogP contribution in [-0.2, 0) is 19.1 Å². The van der Waals surface area contributed by atoms with Gasteiger partial charge in [-0.2, -0.15) is 0 Å². The summed E-state index contributed by atoms with van der Waals surface area (Å²) in [6, 6.07) is 0. The normalized spacial score (nSPS) is 13.0. The topological polar surface area (TPSA) is 92.7 Å². The van der Waals surface area contributed by atoms with Gasteiger partial charge in [0.1, 0.15) is 12.6 Å². The number of unbranched alkanes of at least 4 members (excludes halogenated alkanes) is 8. The Morgan fingerprint density at radius 3 is 1.47 bits per heavy atom. The molecule has 0 aromatic heterocycles. The van der Waals surface area contributed by atoms with Crippen molar-refractivity contribution in [2.24, 2.45) is 0 Å². The molecule has 0 fully saturated rings. The minimum Gasteiger partial charge on any atom is -0.480 e. The van der Waals surface area contributed by atoms with Crippen molar-refractivity contribution in [2.45, 2.75) is 161 Å². The molecule has 276 valence electrons. The Balaban J connectivity index is 4.07. The summed E-state index contributed by atoms with van der Waals surface area (Å²) in [4.78, 5) is 34.8. The molecule has 0 aliphatic rings. The first-order valence-corrected chi connectivity index (χ1v) is 19.2. The molecule has 0 aromatic rings. The lowest BCUT2D eigenvalue weighted by molar-refractivity contribution is -0.150. The van der Waals surface area contributed by atoms with E-state index in [0.29, 0.717) is 12.8 Å². The van der Waals surface area contributed by atoms with Gasteiger partial charge in [0.2, 0.25) is 5.91 Å². The monoisotopic (exact) mass is 680 g/mol. The zero-order valence-corrected chi connectivity index (χ0v) is 31.0. The Hall–Kier alpha value is -3.41. The largest absolute Gasteiger partial charge is 0.480 e. The molecule has 2 N–H and O–H groups in total. The number of hydrogen-bond donors (Lipinski definition) is 2. The molecule has 0 saturated carbocycles. The Morgan fingerprint density at radius 2 is 1.00 bits per heavy atom. The SMILES string of the molecule is CC/C=C\C/C=C\C/C=C\C/C=C\C/C=C\C/C=C\C/C=C\CCCC(=O)OC(CCCCCCC)CCCCCCC(=O)NCC(=O)O. The molecule has 0 saturated heterocycles. The summed E-state index contributed by atoms with van der Waals surface area (Å²) in [5.41, 5.74) is 0. The van der Waals surface area contributed by atoms with Gasteiger partial charge in [-0.15, -0.1) is 0 Å². The van der Waals surface area contributed by atoms with E-state index in [0.717, 1.165) is 103 Å². The van der Waals surface area contributed by atoms with E-state index < -0.39 is 5.97 Å². The molecule has 0 radical (unpaired) electrons. The van der Waals surface area contributed by atoms with Crippen molar-refractivity contribution in [3.05, 3.63) is 85.1 Å². The smallest absolute Gasteiger partial charge is 0.322 e. The maximum absolute atomic E-state index is 12.6. The third kappa shape index (κ3) is 37.3. The maximum Gasteiger partial charge on any atom is 0.322 e. The van der Waals surface area contributed by atoms with E-state index in [-0.39, 0.29) is 24.5 Å². The number of carbonyl (C=O) groups is 3. The van der Waals surface area contributed by atoms with Gasteiger partial charge in [0, 0.05) is 12.8 Å². The van der Waals surface area contributed by atoms with Crippen LogP contribution in [0.2, 0.25) is 0 Å². The van der Waals surface area contributed by atoms with Crippen molar-refractivity contribution in [1.29, 1.82) is 0 Å². The lowest BCUT2D eigenvalue weighted by atomic mass is 10.0. The lowest BCUT2D eigenvalue weighted by Crippen LogP contribution is -2.28. The van der Waals surface area contributed by atoms with Gasteiger partial charge in [0.25, 0.3) is 0 Å². The van der Waals surface area contributed by atoms with Gasteiger partial charge in [0.05, 0.1) is 0 Å². The number of amides is 1. The van der Waals surface area contributed by atoms with Crippen molar-refractivity contribution in [3.8, 4) is 0 Å². The molecule has 1 amide bonds. The molecule has 49 heavy (non-hydrogen) atoms. The van der Waals surface area contributed by atoms with Gasteiger partial charge in [-0.3, -0.25) is 14.4 Å². The number of carboxylic acids is 1. The predicted octanol–water partition coefficient (Wildman–Crippen LogP) is 11.6. The Kier molecular flexibility index (Phi) is 34.8. The fraction of sp³-hybridized carbons (Fsp3) is 0.605. The van der Waals surface area contributed by atoms with Crippen LogP contribution in [0.5, 0.6) is 0 Å². The van der Waals surface area contributed by atoms with E-state index >= 15 is 0 Å². The zero-order chi connectivity index (χ0) is 35.9. The van der Waals surface area contributed by atoms with E-state index in [2.05, 4.69) is 104 Å². The third-order valence-electron chi connectivity index (χ3n) is 7.83. The van der Waals surface area contributed by atoms with Crippen molar-refractivity contribution >= 4 is 17.8 Å². The van der Waals surface area contributed by atoms with Gasteiger partial charge in [-0.1, -0.05) is 137 Å². The number of allylic oxidation sites excluding steroid dienone is 14. The third-order valence-corrected chi connectivity index (χ3v) is 7.83. The van der Waals surface area contributed by atoms with Crippen LogP contribution in [0.15, 0.2) is 85.1 Å². The van der Waals surface area contributed by atoms with E-state index in [1.807, 2.05) is 0 Å². The van der Waals surface area contributed by atoms with Crippen LogP contribution in [0.1, 0.15) is 155 Å². The van der Waals surface area contributed by atoms with E-state index in [1.165, 1.54) is 25.7 Å². The highest BCUT2D eigenvalue weighted by atomic mass is 16.5. The van der Waals surface area contributed by atoms with Crippen LogP contribution in [0, 0.1) is 0 Å². The molecule has 0 heterocycles. The standard InChI is InChI=1S/C43H69NO5/c1-3-5-7-9-10-11-12-13-14-15-16-17-18-19-20-21-22-23-24-25-26-28-34-38-43(48)49-40(35-31-27-8-6-4-2)36-32-29-30-33-37-41(45)44-39-42(46)47/h5,7,10-11,13-14,16-17,19-20,22-23,25-26,40H,3-4,6,8-9,12,15,18,21,24,27-39H2,1-2H3,(H,44,45)(H,46,47)/b7-5-,11-10-,14-13-,17-16-,20-19-,23-22-,26-25-. The van der Waals surface area contributed by atoms with Crippen molar-refractivity contribution in [3.63, 3.8) is 0 Å². The Bertz CT molecular complexity index is 1020. The van der Waals surface area contributed by atoms with Crippen LogP contribution >= 0.6 is 0 Å². The average Bonchev–Trinajstić information content (AvgIpc) is 3.08. The molecule has 0 spiro atoms. The Morgan fingerprint density at radius 1 is 0.551 bits per heavy atom. The number of hydrogen-bond acceptors (Lipinski definition) is 4. The number of carbonyl (C=O) groups excluding carboxylic acids is 2. The second-order valence-electron chi connectivity index (χ2n) is 12.5. The predicted molar refractivity (Wildman–Crippen MR) is 207 cm³/mol. The molecule has 0 aromatic carbocycles. The molecule has 1 atom stereocenters. The molecular weight excluding hydrogens is 610 g/mol. The number of carboxylic acid groups (broad SMARTS) is 1. The molecule has 0 rings (SSSR count). The van der Waals surface area contributed by atoms with E-state index in [4.69, 9.17) is 9.84 Å². The minimum atomic E-state index is -1.03. The second-order valence-corrected chi connectivity index (χ2v) is 12.5. The zero-order valence-electron chi connectivity index (χ0n) is 31.0. The quantitative estimate of drug-likeness (QED) is 0.0409. The first-order chi connectivity index (χ1) is 24.0. The number of rotatable bonds is 33. The van der Waals surface area contributed by atoms with Crippen molar-refractivity contribution < 1.29 is 24.2 Å². The highest BCUT2D eigenvalue weighted by molar-refractivity contribution is 5.80. The van der Waals surface area contributed by atoms with Gasteiger partial charge in [-0.25, -0.2) is 0 Å². The summed E-state index contributed by atoms with van der Waals surface area (Å²) in [6.07, 6.45) is 51.5.